The topological polar surface area (TPSA) is 91.8 Å². The standard InChI is InChI=1S/C12H16ClN3O4/c1-16(7-10(17)14-5-6-20-2)11-8(12(18)19)3-4-9(13)15-11/h3-4H,5-7H2,1-2H3,(H,14,17)(H,18,19). The first-order valence-corrected chi connectivity index (χ1v) is 6.20. The summed E-state index contributed by atoms with van der Waals surface area (Å²) in [5.74, 6) is -1.25. The molecule has 1 aromatic heterocycles. The van der Waals surface area contributed by atoms with Crippen molar-refractivity contribution in [1.29, 1.82) is 0 Å². The van der Waals surface area contributed by atoms with Crippen molar-refractivity contribution >= 4 is 29.3 Å². The Labute approximate surface area is 121 Å². The lowest BCUT2D eigenvalue weighted by Gasteiger charge is -2.19. The lowest BCUT2D eigenvalue weighted by Crippen LogP contribution is -2.37. The minimum atomic E-state index is -1.13. The number of nitrogens with one attached hydrogen (secondary N) is 1. The molecule has 0 saturated heterocycles. The fourth-order valence-corrected chi connectivity index (χ4v) is 1.66. The number of pyridine rings is 1. The first kappa shape index (κ1) is 16.2. The molecule has 1 heterocycles. The summed E-state index contributed by atoms with van der Waals surface area (Å²) >= 11 is 5.76. The normalized spacial score (nSPS) is 10.2. The van der Waals surface area contributed by atoms with Crippen LogP contribution < -0.4 is 10.2 Å². The number of likely N-dealkylation sites (N-methyl/N-ethyl adjacent to an activating group) is 1. The molecule has 0 radical (unpaired) electrons. The van der Waals surface area contributed by atoms with Crippen molar-refractivity contribution in [1.82, 2.24) is 10.3 Å². The Kier molecular flexibility index (Phi) is 6.20. The van der Waals surface area contributed by atoms with Gasteiger partial charge >= 0.3 is 5.97 Å². The van der Waals surface area contributed by atoms with E-state index in [-0.39, 0.29) is 29.0 Å². The molecule has 0 fully saturated rings. The second kappa shape index (κ2) is 7.66. The van der Waals surface area contributed by atoms with Gasteiger partial charge in [0.05, 0.1) is 13.2 Å². The molecule has 110 valence electrons. The number of carboxylic acids is 1. The Bertz CT molecular complexity index is 496. The lowest BCUT2D eigenvalue weighted by atomic mass is 10.2. The average Bonchev–Trinajstić information content (AvgIpc) is 2.38. The van der Waals surface area contributed by atoms with Gasteiger partial charge in [-0.1, -0.05) is 11.6 Å². The Morgan fingerprint density at radius 2 is 2.20 bits per heavy atom. The Morgan fingerprint density at radius 3 is 2.80 bits per heavy atom. The van der Waals surface area contributed by atoms with Crippen LogP contribution in [0.1, 0.15) is 10.4 Å². The van der Waals surface area contributed by atoms with Crippen LogP contribution in [0.25, 0.3) is 0 Å². The minimum Gasteiger partial charge on any atom is -0.478 e. The van der Waals surface area contributed by atoms with Crippen molar-refractivity contribution in [3.8, 4) is 0 Å². The molecule has 0 bridgehead atoms. The van der Waals surface area contributed by atoms with E-state index in [0.29, 0.717) is 13.2 Å². The highest BCUT2D eigenvalue weighted by atomic mass is 35.5. The fraction of sp³-hybridized carbons (Fsp3) is 0.417. The zero-order chi connectivity index (χ0) is 15.1. The molecule has 0 aliphatic carbocycles. The number of carbonyl (C=O) groups is 2. The number of aromatic nitrogens is 1. The molecule has 1 amide bonds. The Hall–Kier alpha value is -1.86. The van der Waals surface area contributed by atoms with Gasteiger partial charge in [-0.15, -0.1) is 0 Å². The highest BCUT2D eigenvalue weighted by Gasteiger charge is 2.17. The minimum absolute atomic E-state index is 0.0124. The van der Waals surface area contributed by atoms with Crippen molar-refractivity contribution in [2.75, 3.05) is 38.8 Å². The molecular formula is C12H16ClN3O4. The van der Waals surface area contributed by atoms with Gasteiger partial charge in [0.1, 0.15) is 16.5 Å². The summed E-state index contributed by atoms with van der Waals surface area (Å²) in [5, 5.41) is 11.9. The molecule has 1 aromatic rings. The smallest absolute Gasteiger partial charge is 0.339 e. The van der Waals surface area contributed by atoms with E-state index in [9.17, 15) is 9.59 Å². The van der Waals surface area contributed by atoms with Crippen LogP contribution in [0.15, 0.2) is 12.1 Å². The molecular weight excluding hydrogens is 286 g/mol. The largest absolute Gasteiger partial charge is 0.478 e. The number of carboxylic acid groups (broad SMARTS) is 1. The van der Waals surface area contributed by atoms with E-state index in [0.717, 1.165) is 0 Å². The quantitative estimate of drug-likeness (QED) is 0.567. The van der Waals surface area contributed by atoms with Crippen LogP contribution in [0, 0.1) is 0 Å². The maximum Gasteiger partial charge on any atom is 0.339 e. The number of nitrogens with zero attached hydrogens (tertiary/aromatic N) is 2. The van der Waals surface area contributed by atoms with E-state index < -0.39 is 5.97 Å². The summed E-state index contributed by atoms with van der Waals surface area (Å²) in [5.41, 5.74) is -0.0124. The van der Waals surface area contributed by atoms with E-state index in [1.165, 1.54) is 24.1 Å². The molecule has 0 aromatic carbocycles. The van der Waals surface area contributed by atoms with Crippen molar-refractivity contribution in [3.63, 3.8) is 0 Å². The van der Waals surface area contributed by atoms with Crippen LogP contribution >= 0.6 is 11.6 Å². The highest BCUT2D eigenvalue weighted by molar-refractivity contribution is 6.29. The van der Waals surface area contributed by atoms with Crippen molar-refractivity contribution in [2.45, 2.75) is 0 Å². The maximum absolute atomic E-state index is 11.7. The molecule has 8 heteroatoms. The van der Waals surface area contributed by atoms with E-state index in [1.54, 1.807) is 7.05 Å². The number of halogens is 1. The predicted octanol–water partition coefficient (Wildman–Crippen LogP) is 0.632. The summed E-state index contributed by atoms with van der Waals surface area (Å²) < 4.78 is 4.81. The maximum atomic E-state index is 11.7. The summed E-state index contributed by atoms with van der Waals surface area (Å²) in [6.45, 7) is 0.764. The summed E-state index contributed by atoms with van der Waals surface area (Å²) in [4.78, 5) is 28.1. The number of hydrogen-bond acceptors (Lipinski definition) is 5. The summed E-state index contributed by atoms with van der Waals surface area (Å²) in [7, 11) is 3.11. The summed E-state index contributed by atoms with van der Waals surface area (Å²) in [6, 6.07) is 2.74. The first-order valence-electron chi connectivity index (χ1n) is 5.82. The van der Waals surface area contributed by atoms with E-state index in [4.69, 9.17) is 21.4 Å². The molecule has 0 aliphatic rings. The van der Waals surface area contributed by atoms with Gasteiger partial charge in [0.2, 0.25) is 5.91 Å². The van der Waals surface area contributed by atoms with Gasteiger partial charge in [-0.05, 0) is 12.1 Å². The number of carbonyl (C=O) groups excluding carboxylic acids is 1. The number of hydrogen-bond donors (Lipinski definition) is 2. The van der Waals surface area contributed by atoms with Crippen LogP contribution in [0.2, 0.25) is 5.15 Å². The van der Waals surface area contributed by atoms with E-state index >= 15 is 0 Å². The number of methoxy groups -OCH3 is 1. The first-order chi connectivity index (χ1) is 9.45. The monoisotopic (exact) mass is 301 g/mol. The van der Waals surface area contributed by atoms with Crippen LogP contribution in [0.5, 0.6) is 0 Å². The SMILES string of the molecule is COCCNC(=O)CN(C)c1nc(Cl)ccc1C(=O)O. The number of anilines is 1. The molecule has 20 heavy (non-hydrogen) atoms. The van der Waals surface area contributed by atoms with Gasteiger partial charge in [0, 0.05) is 20.7 Å². The molecule has 1 rings (SSSR count). The fourth-order valence-electron chi connectivity index (χ4n) is 1.52. The second-order valence-corrected chi connectivity index (χ2v) is 4.40. The lowest BCUT2D eigenvalue weighted by molar-refractivity contribution is -0.119. The number of ether oxygens (including phenoxy) is 1. The van der Waals surface area contributed by atoms with Crippen LogP contribution in [-0.4, -0.2) is 55.8 Å². The van der Waals surface area contributed by atoms with Gasteiger partial charge in [-0.3, -0.25) is 4.79 Å². The van der Waals surface area contributed by atoms with E-state index in [2.05, 4.69) is 10.3 Å². The van der Waals surface area contributed by atoms with Crippen LogP contribution in [0.4, 0.5) is 5.82 Å². The zero-order valence-corrected chi connectivity index (χ0v) is 12.0. The zero-order valence-electron chi connectivity index (χ0n) is 11.2. The molecule has 0 spiro atoms. The third-order valence-electron chi connectivity index (χ3n) is 2.44. The molecule has 0 aliphatic heterocycles. The van der Waals surface area contributed by atoms with Gasteiger partial charge in [-0.2, -0.15) is 0 Å². The third kappa shape index (κ3) is 4.67. The molecule has 0 unspecified atom stereocenters. The van der Waals surface area contributed by atoms with Gasteiger partial charge in [0.25, 0.3) is 0 Å². The van der Waals surface area contributed by atoms with Crippen molar-refractivity contribution in [3.05, 3.63) is 22.8 Å². The predicted molar refractivity (Wildman–Crippen MR) is 74.4 cm³/mol. The highest BCUT2D eigenvalue weighted by Crippen LogP contribution is 2.19. The molecule has 0 saturated carbocycles. The molecule has 0 atom stereocenters. The molecule has 7 nitrogen and oxygen atoms in total. The van der Waals surface area contributed by atoms with Gasteiger partial charge < -0.3 is 20.1 Å². The van der Waals surface area contributed by atoms with Gasteiger partial charge in [-0.25, -0.2) is 9.78 Å². The second-order valence-electron chi connectivity index (χ2n) is 4.01. The number of aromatic carboxylic acids is 1. The molecule has 2 N–H and O–H groups in total. The van der Waals surface area contributed by atoms with Crippen LogP contribution in [0.3, 0.4) is 0 Å². The Balaban J connectivity index is 2.76. The summed E-state index contributed by atoms with van der Waals surface area (Å²) in [6.07, 6.45) is 0. The number of rotatable bonds is 7. The van der Waals surface area contributed by atoms with E-state index in [1.807, 2.05) is 0 Å². The third-order valence-corrected chi connectivity index (χ3v) is 2.65. The Morgan fingerprint density at radius 1 is 1.50 bits per heavy atom. The van der Waals surface area contributed by atoms with Crippen molar-refractivity contribution in [2.24, 2.45) is 0 Å². The average molecular weight is 302 g/mol. The number of amides is 1. The van der Waals surface area contributed by atoms with Gasteiger partial charge in [0.15, 0.2) is 0 Å². The van der Waals surface area contributed by atoms with Crippen LogP contribution in [-0.2, 0) is 9.53 Å². The van der Waals surface area contributed by atoms with Crippen molar-refractivity contribution < 1.29 is 19.4 Å².